The molecule has 0 spiro atoms. The van der Waals surface area contributed by atoms with Gasteiger partial charge in [-0.1, -0.05) is 0 Å². The Labute approximate surface area is 122 Å². The lowest BCUT2D eigenvalue weighted by Gasteiger charge is -2.39. The van der Waals surface area contributed by atoms with Gasteiger partial charge >= 0.3 is 11.9 Å². The molecule has 8 heteroatoms. The summed E-state index contributed by atoms with van der Waals surface area (Å²) >= 11 is 0. The van der Waals surface area contributed by atoms with Crippen LogP contribution < -0.4 is 0 Å². The highest BCUT2D eigenvalue weighted by molar-refractivity contribution is 5.67. The Hall–Kier alpha value is -1.22. The third-order valence-electron chi connectivity index (χ3n) is 3.38. The van der Waals surface area contributed by atoms with Crippen LogP contribution >= 0.6 is 0 Å². The molecule has 0 aromatic carbocycles. The van der Waals surface area contributed by atoms with Crippen molar-refractivity contribution in [3.63, 3.8) is 0 Å². The molecule has 1 unspecified atom stereocenters. The van der Waals surface area contributed by atoms with Gasteiger partial charge in [0.15, 0.2) is 24.6 Å². The Kier molecular flexibility index (Phi) is 4.52. The highest BCUT2D eigenvalue weighted by Gasteiger charge is 2.58. The van der Waals surface area contributed by atoms with Gasteiger partial charge < -0.3 is 23.7 Å². The van der Waals surface area contributed by atoms with Gasteiger partial charge in [0, 0.05) is 27.9 Å². The van der Waals surface area contributed by atoms with Crippen LogP contribution in [-0.4, -0.2) is 55.7 Å². The average Bonchev–Trinajstić information content (AvgIpc) is 2.70. The van der Waals surface area contributed by atoms with Crippen LogP contribution in [0, 0.1) is 0 Å². The minimum absolute atomic E-state index is 0.500. The fourth-order valence-electron chi connectivity index (χ4n) is 2.46. The fourth-order valence-corrected chi connectivity index (χ4v) is 2.46. The summed E-state index contributed by atoms with van der Waals surface area (Å²) in [4.78, 5) is 22.6. The van der Waals surface area contributed by atoms with Crippen molar-refractivity contribution in [3.8, 4) is 0 Å². The van der Waals surface area contributed by atoms with Crippen LogP contribution in [-0.2, 0) is 38.0 Å². The standard InChI is InChI=1S/C13H20O8/c1-6-9(18-7(2)14)10(19-8(3)15)11-12(17-6)21-13(4,16-5)20-11/h6,9-12H,1-5H3/t6-,9-,10+,11+,12+,13?/m0/s1. The molecule has 0 aromatic rings. The molecule has 21 heavy (non-hydrogen) atoms. The molecule has 0 aromatic heterocycles. The zero-order valence-electron chi connectivity index (χ0n) is 12.7. The summed E-state index contributed by atoms with van der Waals surface area (Å²) in [5.74, 6) is -2.32. The van der Waals surface area contributed by atoms with Gasteiger partial charge in [0.1, 0.15) is 0 Å². The van der Waals surface area contributed by atoms with Crippen LogP contribution in [0.1, 0.15) is 27.7 Å². The first-order valence-electron chi connectivity index (χ1n) is 6.66. The van der Waals surface area contributed by atoms with E-state index in [1.165, 1.54) is 21.0 Å². The molecule has 6 atom stereocenters. The zero-order valence-corrected chi connectivity index (χ0v) is 12.7. The number of fused-ring (bicyclic) bond motifs is 1. The topological polar surface area (TPSA) is 89.5 Å². The monoisotopic (exact) mass is 304 g/mol. The molecule has 2 aliphatic rings. The largest absolute Gasteiger partial charge is 0.456 e. The molecule has 8 nitrogen and oxygen atoms in total. The van der Waals surface area contributed by atoms with E-state index in [1.807, 2.05) is 0 Å². The molecule has 0 bridgehead atoms. The molecular weight excluding hydrogens is 284 g/mol. The summed E-state index contributed by atoms with van der Waals surface area (Å²) in [6.07, 6.45) is -3.67. The lowest BCUT2D eigenvalue weighted by Crippen LogP contribution is -2.58. The molecule has 0 saturated carbocycles. The smallest absolute Gasteiger partial charge is 0.303 e. The number of carbonyl (C=O) groups excluding carboxylic acids is 2. The van der Waals surface area contributed by atoms with Crippen molar-refractivity contribution in [1.29, 1.82) is 0 Å². The third-order valence-corrected chi connectivity index (χ3v) is 3.38. The van der Waals surface area contributed by atoms with Crippen LogP contribution in [0.4, 0.5) is 0 Å². The van der Waals surface area contributed by atoms with Gasteiger partial charge in [0.2, 0.25) is 0 Å². The van der Waals surface area contributed by atoms with Crippen molar-refractivity contribution in [1.82, 2.24) is 0 Å². The molecule has 2 fully saturated rings. The van der Waals surface area contributed by atoms with E-state index in [-0.39, 0.29) is 0 Å². The molecule has 0 radical (unpaired) electrons. The van der Waals surface area contributed by atoms with Gasteiger partial charge in [-0.15, -0.1) is 0 Å². The maximum Gasteiger partial charge on any atom is 0.303 e. The highest BCUT2D eigenvalue weighted by Crippen LogP contribution is 2.38. The number of esters is 2. The van der Waals surface area contributed by atoms with Crippen LogP contribution in [0.3, 0.4) is 0 Å². The van der Waals surface area contributed by atoms with E-state index >= 15 is 0 Å². The van der Waals surface area contributed by atoms with Gasteiger partial charge in [-0.3, -0.25) is 14.3 Å². The Morgan fingerprint density at radius 2 is 1.62 bits per heavy atom. The first-order valence-corrected chi connectivity index (χ1v) is 6.66. The second-order valence-electron chi connectivity index (χ2n) is 5.12. The predicted molar refractivity (Wildman–Crippen MR) is 66.8 cm³/mol. The zero-order chi connectivity index (χ0) is 15.8. The minimum Gasteiger partial charge on any atom is -0.456 e. The maximum atomic E-state index is 11.3. The molecule has 2 saturated heterocycles. The summed E-state index contributed by atoms with van der Waals surface area (Å²) in [6, 6.07) is 0. The number of ether oxygens (including phenoxy) is 6. The summed E-state index contributed by atoms with van der Waals surface area (Å²) < 4.78 is 32.4. The normalized spacial score (nSPS) is 42.2. The Morgan fingerprint density at radius 1 is 1.05 bits per heavy atom. The molecule has 2 rings (SSSR count). The third kappa shape index (κ3) is 3.34. The van der Waals surface area contributed by atoms with Gasteiger partial charge in [0.05, 0.1) is 6.10 Å². The lowest BCUT2D eigenvalue weighted by molar-refractivity contribution is -0.333. The Balaban J connectivity index is 2.25. The first-order chi connectivity index (χ1) is 9.75. The van der Waals surface area contributed by atoms with Crippen molar-refractivity contribution in [2.45, 2.75) is 64.4 Å². The summed E-state index contributed by atoms with van der Waals surface area (Å²) in [6.45, 7) is 5.82. The average molecular weight is 304 g/mol. The van der Waals surface area contributed by atoms with Crippen LogP contribution in [0.15, 0.2) is 0 Å². The number of methoxy groups -OCH3 is 1. The van der Waals surface area contributed by atoms with E-state index in [2.05, 4.69) is 0 Å². The van der Waals surface area contributed by atoms with Crippen molar-refractivity contribution in [2.75, 3.05) is 7.11 Å². The second-order valence-corrected chi connectivity index (χ2v) is 5.12. The van der Waals surface area contributed by atoms with Crippen molar-refractivity contribution in [2.24, 2.45) is 0 Å². The van der Waals surface area contributed by atoms with Crippen molar-refractivity contribution in [3.05, 3.63) is 0 Å². The molecule has 0 amide bonds. The van der Waals surface area contributed by atoms with E-state index in [4.69, 9.17) is 28.4 Å². The van der Waals surface area contributed by atoms with Crippen LogP contribution in [0.25, 0.3) is 0 Å². The summed E-state index contributed by atoms with van der Waals surface area (Å²) in [5.41, 5.74) is 0. The summed E-state index contributed by atoms with van der Waals surface area (Å²) in [7, 11) is 1.42. The lowest BCUT2D eigenvalue weighted by atomic mass is 9.99. The SMILES string of the molecule is COC1(C)O[C@H]2O[C@@H](C)[C@H](OC(C)=O)[C@@H](OC(C)=O)[C@H]2O1. The van der Waals surface area contributed by atoms with Crippen molar-refractivity contribution >= 4 is 11.9 Å². The molecule has 0 aliphatic carbocycles. The van der Waals surface area contributed by atoms with Gasteiger partial charge in [-0.05, 0) is 6.92 Å². The molecule has 2 heterocycles. The molecule has 0 N–H and O–H groups in total. The quantitative estimate of drug-likeness (QED) is 0.689. The Bertz CT molecular complexity index is 424. The number of carbonyl (C=O) groups is 2. The van der Waals surface area contributed by atoms with E-state index in [0.717, 1.165) is 0 Å². The highest BCUT2D eigenvalue weighted by atomic mass is 16.9. The van der Waals surface area contributed by atoms with Gasteiger partial charge in [0.25, 0.3) is 5.97 Å². The van der Waals surface area contributed by atoms with Crippen LogP contribution in [0.2, 0.25) is 0 Å². The minimum atomic E-state index is -1.31. The van der Waals surface area contributed by atoms with E-state index in [9.17, 15) is 9.59 Å². The van der Waals surface area contributed by atoms with Crippen molar-refractivity contribution < 1.29 is 38.0 Å². The van der Waals surface area contributed by atoms with E-state index < -0.39 is 48.6 Å². The van der Waals surface area contributed by atoms with Gasteiger partial charge in [-0.25, -0.2) is 0 Å². The summed E-state index contributed by atoms with van der Waals surface area (Å²) in [5, 5.41) is 0. The number of hydrogen-bond donors (Lipinski definition) is 0. The van der Waals surface area contributed by atoms with E-state index in [1.54, 1.807) is 13.8 Å². The van der Waals surface area contributed by atoms with E-state index in [0.29, 0.717) is 0 Å². The first kappa shape index (κ1) is 16.2. The Morgan fingerprint density at radius 3 is 2.14 bits per heavy atom. The molecule has 120 valence electrons. The predicted octanol–water partition coefficient (Wildman–Crippen LogP) is 0.330. The molecular formula is C13H20O8. The maximum absolute atomic E-state index is 11.3. The fraction of sp³-hybridized carbons (Fsp3) is 0.846. The second kappa shape index (κ2) is 5.88. The molecule has 2 aliphatic heterocycles. The van der Waals surface area contributed by atoms with Crippen LogP contribution in [0.5, 0.6) is 0 Å². The van der Waals surface area contributed by atoms with Gasteiger partial charge in [-0.2, -0.15) is 0 Å². The number of hydrogen-bond acceptors (Lipinski definition) is 8. The number of rotatable bonds is 3.